The Balaban J connectivity index is 2.17. The predicted octanol–water partition coefficient (Wildman–Crippen LogP) is 2.83. The minimum Gasteiger partial charge on any atom is -0.497 e. The molecule has 1 N–H and O–H groups in total. The van der Waals surface area contributed by atoms with Crippen LogP contribution in [0.4, 0.5) is 11.4 Å². The Kier molecular flexibility index (Phi) is 2.83. The summed E-state index contributed by atoms with van der Waals surface area (Å²) in [4.78, 5) is 4.03. The van der Waals surface area contributed by atoms with Gasteiger partial charge in [0.25, 0.3) is 0 Å². The van der Waals surface area contributed by atoms with E-state index in [1.165, 1.54) is 0 Å². The van der Waals surface area contributed by atoms with E-state index in [0.29, 0.717) is 0 Å². The van der Waals surface area contributed by atoms with Crippen molar-refractivity contribution in [2.45, 2.75) is 0 Å². The highest BCUT2D eigenvalue weighted by molar-refractivity contribution is 5.60. The van der Waals surface area contributed by atoms with E-state index in [2.05, 4.69) is 10.3 Å². The van der Waals surface area contributed by atoms with Gasteiger partial charge in [0.15, 0.2) is 0 Å². The third kappa shape index (κ3) is 2.47. The third-order valence-electron chi connectivity index (χ3n) is 2.02. The monoisotopic (exact) mass is 200 g/mol. The minimum absolute atomic E-state index is 0.837. The van der Waals surface area contributed by atoms with Gasteiger partial charge in [0, 0.05) is 18.0 Å². The first-order valence-corrected chi connectivity index (χ1v) is 4.69. The molecule has 0 saturated heterocycles. The Morgan fingerprint density at radius 3 is 2.73 bits per heavy atom. The average molecular weight is 200 g/mol. The second-order valence-electron chi connectivity index (χ2n) is 3.10. The largest absolute Gasteiger partial charge is 0.497 e. The summed E-state index contributed by atoms with van der Waals surface area (Å²) in [5.41, 5.74) is 1.95. The van der Waals surface area contributed by atoms with Gasteiger partial charge in [-0.2, -0.15) is 0 Å². The molecule has 0 bridgehead atoms. The number of pyridine rings is 1. The van der Waals surface area contributed by atoms with Gasteiger partial charge in [-0.15, -0.1) is 0 Å². The summed E-state index contributed by atoms with van der Waals surface area (Å²) in [7, 11) is 1.66. The van der Waals surface area contributed by atoms with Crippen molar-refractivity contribution < 1.29 is 4.74 Å². The van der Waals surface area contributed by atoms with E-state index in [4.69, 9.17) is 4.74 Å². The maximum absolute atomic E-state index is 5.14. The van der Waals surface area contributed by atoms with Crippen molar-refractivity contribution in [1.82, 2.24) is 4.98 Å². The van der Waals surface area contributed by atoms with E-state index in [9.17, 15) is 0 Å². The molecular formula is C12H12N2O. The Morgan fingerprint density at radius 2 is 2.00 bits per heavy atom. The van der Waals surface area contributed by atoms with Crippen LogP contribution >= 0.6 is 0 Å². The van der Waals surface area contributed by atoms with E-state index < -0.39 is 0 Å². The fraction of sp³-hybridized carbons (Fsp3) is 0.0833. The van der Waals surface area contributed by atoms with Crippen molar-refractivity contribution in [2.75, 3.05) is 12.4 Å². The molecule has 15 heavy (non-hydrogen) atoms. The highest BCUT2D eigenvalue weighted by Crippen LogP contribution is 2.20. The van der Waals surface area contributed by atoms with Gasteiger partial charge in [0.2, 0.25) is 0 Å². The summed E-state index contributed by atoms with van der Waals surface area (Å²) in [5, 5.41) is 3.24. The van der Waals surface area contributed by atoms with E-state index in [1.807, 2.05) is 36.4 Å². The summed E-state index contributed by atoms with van der Waals surface area (Å²) < 4.78 is 5.14. The van der Waals surface area contributed by atoms with E-state index in [1.54, 1.807) is 19.5 Å². The first-order valence-electron chi connectivity index (χ1n) is 4.69. The van der Waals surface area contributed by atoms with Gasteiger partial charge in [-0.05, 0) is 24.3 Å². The Bertz CT molecular complexity index is 429. The van der Waals surface area contributed by atoms with Gasteiger partial charge in [-0.25, -0.2) is 0 Å². The van der Waals surface area contributed by atoms with Crippen molar-refractivity contribution in [1.29, 1.82) is 0 Å². The lowest BCUT2D eigenvalue weighted by atomic mass is 10.3. The number of anilines is 2. The number of ether oxygens (including phenoxy) is 1. The molecule has 0 aliphatic rings. The zero-order valence-electron chi connectivity index (χ0n) is 8.47. The highest BCUT2D eigenvalue weighted by Gasteiger charge is 1.95. The Hall–Kier alpha value is -2.03. The molecule has 1 heterocycles. The van der Waals surface area contributed by atoms with Crippen LogP contribution in [0.25, 0.3) is 0 Å². The average Bonchev–Trinajstić information content (AvgIpc) is 2.31. The second-order valence-corrected chi connectivity index (χ2v) is 3.10. The van der Waals surface area contributed by atoms with Gasteiger partial charge in [-0.3, -0.25) is 4.98 Å². The fourth-order valence-corrected chi connectivity index (χ4v) is 1.30. The van der Waals surface area contributed by atoms with Crippen molar-refractivity contribution in [3.8, 4) is 5.75 Å². The summed E-state index contributed by atoms with van der Waals surface area (Å²) in [6.45, 7) is 0. The van der Waals surface area contributed by atoms with Crippen molar-refractivity contribution >= 4 is 11.4 Å². The van der Waals surface area contributed by atoms with Gasteiger partial charge < -0.3 is 10.1 Å². The van der Waals surface area contributed by atoms with E-state index >= 15 is 0 Å². The number of aromatic nitrogens is 1. The van der Waals surface area contributed by atoms with Gasteiger partial charge >= 0.3 is 0 Å². The van der Waals surface area contributed by atoms with Crippen LogP contribution in [0.15, 0.2) is 48.8 Å². The van der Waals surface area contributed by atoms with Gasteiger partial charge in [-0.1, -0.05) is 6.07 Å². The van der Waals surface area contributed by atoms with Crippen LogP contribution in [0.5, 0.6) is 5.75 Å². The molecule has 3 heteroatoms. The lowest BCUT2D eigenvalue weighted by Gasteiger charge is -2.06. The topological polar surface area (TPSA) is 34.1 Å². The SMILES string of the molecule is COc1cccc(Nc2cccnc2)c1. The molecule has 0 unspecified atom stereocenters. The second kappa shape index (κ2) is 4.46. The van der Waals surface area contributed by atoms with Crippen LogP contribution in [-0.4, -0.2) is 12.1 Å². The standard InChI is InChI=1S/C12H12N2O/c1-15-12-6-2-4-10(8-12)14-11-5-3-7-13-9-11/h2-9,14H,1H3. The molecule has 0 saturated carbocycles. The van der Waals surface area contributed by atoms with Crippen LogP contribution in [0.1, 0.15) is 0 Å². The molecule has 0 spiro atoms. The number of rotatable bonds is 3. The lowest BCUT2D eigenvalue weighted by Crippen LogP contribution is -1.91. The molecule has 2 rings (SSSR count). The highest BCUT2D eigenvalue weighted by atomic mass is 16.5. The predicted molar refractivity (Wildman–Crippen MR) is 60.5 cm³/mol. The summed E-state index contributed by atoms with van der Waals surface area (Å²) in [5.74, 6) is 0.837. The molecule has 1 aromatic heterocycles. The van der Waals surface area contributed by atoms with Crippen molar-refractivity contribution in [2.24, 2.45) is 0 Å². The quantitative estimate of drug-likeness (QED) is 0.827. The zero-order valence-corrected chi connectivity index (χ0v) is 8.47. The number of nitrogens with zero attached hydrogens (tertiary/aromatic N) is 1. The van der Waals surface area contributed by atoms with E-state index in [0.717, 1.165) is 17.1 Å². The van der Waals surface area contributed by atoms with Crippen LogP contribution in [0.2, 0.25) is 0 Å². The van der Waals surface area contributed by atoms with Gasteiger partial charge in [0.05, 0.1) is 19.0 Å². The van der Waals surface area contributed by atoms with Crippen LogP contribution in [0, 0.1) is 0 Å². The molecular weight excluding hydrogens is 188 g/mol. The Morgan fingerprint density at radius 1 is 1.13 bits per heavy atom. The summed E-state index contributed by atoms with van der Waals surface area (Å²) >= 11 is 0. The molecule has 0 aliphatic carbocycles. The first-order chi connectivity index (χ1) is 7.38. The van der Waals surface area contributed by atoms with Crippen LogP contribution in [0.3, 0.4) is 0 Å². The number of hydrogen-bond acceptors (Lipinski definition) is 3. The lowest BCUT2D eigenvalue weighted by molar-refractivity contribution is 0.415. The molecule has 2 aromatic rings. The van der Waals surface area contributed by atoms with Crippen molar-refractivity contribution in [3.05, 3.63) is 48.8 Å². The maximum atomic E-state index is 5.14. The molecule has 1 aromatic carbocycles. The van der Waals surface area contributed by atoms with Crippen molar-refractivity contribution in [3.63, 3.8) is 0 Å². The number of nitrogens with one attached hydrogen (secondary N) is 1. The fourth-order valence-electron chi connectivity index (χ4n) is 1.30. The summed E-state index contributed by atoms with van der Waals surface area (Å²) in [6, 6.07) is 11.6. The molecule has 0 atom stereocenters. The smallest absolute Gasteiger partial charge is 0.120 e. The molecule has 0 radical (unpaired) electrons. The summed E-state index contributed by atoms with van der Waals surface area (Å²) in [6.07, 6.45) is 3.52. The molecule has 3 nitrogen and oxygen atoms in total. The van der Waals surface area contributed by atoms with Crippen LogP contribution < -0.4 is 10.1 Å². The molecule has 76 valence electrons. The minimum atomic E-state index is 0.837. The van der Waals surface area contributed by atoms with Crippen LogP contribution in [-0.2, 0) is 0 Å². The zero-order chi connectivity index (χ0) is 10.5. The number of benzene rings is 1. The number of hydrogen-bond donors (Lipinski definition) is 1. The molecule has 0 amide bonds. The Labute approximate surface area is 88.7 Å². The third-order valence-corrected chi connectivity index (χ3v) is 2.02. The molecule has 0 aliphatic heterocycles. The normalized spacial score (nSPS) is 9.67. The molecule has 0 fully saturated rings. The maximum Gasteiger partial charge on any atom is 0.120 e. The first kappa shape index (κ1) is 9.52. The number of methoxy groups -OCH3 is 1. The van der Waals surface area contributed by atoms with E-state index in [-0.39, 0.29) is 0 Å². The van der Waals surface area contributed by atoms with Gasteiger partial charge in [0.1, 0.15) is 5.75 Å².